The summed E-state index contributed by atoms with van der Waals surface area (Å²) in [5.74, 6) is 0. The van der Waals surface area contributed by atoms with Gasteiger partial charge < -0.3 is 10.3 Å². The van der Waals surface area contributed by atoms with Crippen molar-refractivity contribution in [1.82, 2.24) is 4.57 Å². The summed E-state index contributed by atoms with van der Waals surface area (Å²) in [6.45, 7) is 0.555. The summed E-state index contributed by atoms with van der Waals surface area (Å²) in [6, 6.07) is 10.4. The number of rotatable bonds is 4. The van der Waals surface area contributed by atoms with Crippen LogP contribution in [0.25, 0.3) is 5.69 Å². The van der Waals surface area contributed by atoms with E-state index >= 15 is 0 Å². The molecule has 17 heavy (non-hydrogen) atoms. The topological polar surface area (TPSA) is 74.1 Å². The summed E-state index contributed by atoms with van der Waals surface area (Å²) in [6.07, 6.45) is 2.62. The quantitative estimate of drug-likeness (QED) is 0.645. The van der Waals surface area contributed by atoms with Gasteiger partial charge in [0.2, 0.25) is 0 Å². The van der Waals surface area contributed by atoms with Crippen LogP contribution in [0, 0.1) is 10.1 Å². The minimum atomic E-state index is -0.393. The molecule has 0 unspecified atom stereocenters. The van der Waals surface area contributed by atoms with E-state index in [2.05, 4.69) is 0 Å². The lowest BCUT2D eigenvalue weighted by Gasteiger charge is -2.08. The van der Waals surface area contributed by atoms with Gasteiger partial charge in [0.25, 0.3) is 5.69 Å². The molecule has 0 fully saturated rings. The van der Waals surface area contributed by atoms with Gasteiger partial charge >= 0.3 is 0 Å². The Morgan fingerprint density at radius 3 is 2.82 bits per heavy atom. The highest BCUT2D eigenvalue weighted by atomic mass is 16.6. The van der Waals surface area contributed by atoms with Crippen molar-refractivity contribution in [3.05, 3.63) is 58.4 Å². The molecule has 0 aliphatic carbocycles. The number of hydrogen-bond donors (Lipinski definition) is 1. The lowest BCUT2D eigenvalue weighted by atomic mass is 10.2. The predicted octanol–water partition coefficient (Wildman–Crippen LogP) is 1.89. The van der Waals surface area contributed by atoms with Crippen molar-refractivity contribution in [2.24, 2.45) is 5.73 Å². The van der Waals surface area contributed by atoms with Crippen LogP contribution in [0.3, 0.4) is 0 Å². The zero-order valence-corrected chi connectivity index (χ0v) is 9.24. The predicted molar refractivity (Wildman–Crippen MR) is 65.2 cm³/mol. The van der Waals surface area contributed by atoms with Crippen molar-refractivity contribution in [2.75, 3.05) is 6.54 Å². The molecule has 0 aliphatic rings. The molecular weight excluding hydrogens is 218 g/mol. The maximum Gasteiger partial charge on any atom is 0.271 e. The van der Waals surface area contributed by atoms with Crippen molar-refractivity contribution in [3.63, 3.8) is 0 Å². The molecule has 0 bridgehead atoms. The molecule has 0 spiro atoms. The Morgan fingerprint density at radius 1 is 1.29 bits per heavy atom. The zero-order valence-electron chi connectivity index (χ0n) is 9.24. The number of nitro benzene ring substituents is 1. The first-order valence-corrected chi connectivity index (χ1v) is 5.33. The van der Waals surface area contributed by atoms with E-state index in [1.807, 2.05) is 29.0 Å². The van der Waals surface area contributed by atoms with Gasteiger partial charge in [0.05, 0.1) is 10.6 Å². The summed E-state index contributed by atoms with van der Waals surface area (Å²) < 4.78 is 1.92. The number of nitro groups is 1. The van der Waals surface area contributed by atoms with Crippen molar-refractivity contribution in [3.8, 4) is 5.69 Å². The molecule has 0 aliphatic heterocycles. The van der Waals surface area contributed by atoms with Gasteiger partial charge in [-0.25, -0.2) is 0 Å². The van der Waals surface area contributed by atoms with Gasteiger partial charge in [-0.3, -0.25) is 10.1 Å². The molecule has 2 aromatic rings. The van der Waals surface area contributed by atoms with Gasteiger partial charge in [0, 0.05) is 30.4 Å². The van der Waals surface area contributed by atoms with Gasteiger partial charge in [-0.15, -0.1) is 0 Å². The van der Waals surface area contributed by atoms with Crippen LogP contribution in [0.1, 0.15) is 5.69 Å². The number of nitrogens with zero attached hydrogens (tertiary/aromatic N) is 2. The maximum atomic E-state index is 10.7. The smallest absolute Gasteiger partial charge is 0.271 e. The first-order chi connectivity index (χ1) is 8.22. The molecule has 88 valence electrons. The van der Waals surface area contributed by atoms with Gasteiger partial charge in [0.15, 0.2) is 0 Å². The Hall–Kier alpha value is -2.14. The van der Waals surface area contributed by atoms with E-state index in [4.69, 9.17) is 5.73 Å². The van der Waals surface area contributed by atoms with Gasteiger partial charge in [0.1, 0.15) is 0 Å². The number of aromatic nitrogens is 1. The normalized spacial score (nSPS) is 10.4. The SMILES string of the molecule is NCCc1cccn1-c1cccc([N+](=O)[O-])c1. The molecule has 0 saturated carbocycles. The second kappa shape index (κ2) is 4.80. The number of benzene rings is 1. The standard InChI is InChI=1S/C12H13N3O2/c13-7-6-10-5-2-8-14(10)11-3-1-4-12(9-11)15(16)17/h1-5,8-9H,6-7,13H2. The van der Waals surface area contributed by atoms with E-state index < -0.39 is 4.92 Å². The van der Waals surface area contributed by atoms with Crippen LogP contribution in [0.15, 0.2) is 42.6 Å². The zero-order chi connectivity index (χ0) is 12.3. The Labute approximate surface area is 98.6 Å². The molecule has 2 N–H and O–H groups in total. The first-order valence-electron chi connectivity index (χ1n) is 5.33. The Morgan fingerprint density at radius 2 is 2.12 bits per heavy atom. The van der Waals surface area contributed by atoms with E-state index in [-0.39, 0.29) is 5.69 Å². The summed E-state index contributed by atoms with van der Waals surface area (Å²) in [5.41, 5.74) is 7.45. The molecule has 0 atom stereocenters. The van der Waals surface area contributed by atoms with E-state index in [1.165, 1.54) is 6.07 Å². The van der Waals surface area contributed by atoms with Crippen molar-refractivity contribution >= 4 is 5.69 Å². The maximum absolute atomic E-state index is 10.7. The van der Waals surface area contributed by atoms with Crippen molar-refractivity contribution < 1.29 is 4.92 Å². The highest BCUT2D eigenvalue weighted by molar-refractivity contribution is 5.44. The monoisotopic (exact) mass is 231 g/mol. The molecule has 0 saturated heterocycles. The third kappa shape index (κ3) is 2.34. The molecule has 0 radical (unpaired) electrons. The Balaban J connectivity index is 2.42. The number of non-ortho nitro benzene ring substituents is 1. The van der Waals surface area contributed by atoms with Gasteiger partial charge in [-0.05, 0) is 24.7 Å². The second-order valence-corrected chi connectivity index (χ2v) is 3.69. The molecule has 1 aromatic heterocycles. The largest absolute Gasteiger partial charge is 0.330 e. The summed E-state index contributed by atoms with van der Waals surface area (Å²) in [5, 5.41) is 10.7. The third-order valence-electron chi connectivity index (χ3n) is 2.55. The lowest BCUT2D eigenvalue weighted by molar-refractivity contribution is -0.384. The van der Waals surface area contributed by atoms with Gasteiger partial charge in [-0.2, -0.15) is 0 Å². The van der Waals surface area contributed by atoms with E-state index in [0.29, 0.717) is 6.54 Å². The Kier molecular flexibility index (Phi) is 3.20. The van der Waals surface area contributed by atoms with Crippen molar-refractivity contribution in [1.29, 1.82) is 0 Å². The summed E-state index contributed by atoms with van der Waals surface area (Å²) >= 11 is 0. The Bertz CT molecular complexity index is 534. The molecule has 0 amide bonds. The second-order valence-electron chi connectivity index (χ2n) is 3.69. The van der Waals surface area contributed by atoms with E-state index in [0.717, 1.165) is 17.8 Å². The van der Waals surface area contributed by atoms with Crippen LogP contribution < -0.4 is 5.73 Å². The van der Waals surface area contributed by atoms with Crippen LogP contribution in [-0.2, 0) is 6.42 Å². The minimum Gasteiger partial charge on any atom is -0.330 e. The van der Waals surface area contributed by atoms with E-state index in [1.54, 1.807) is 12.1 Å². The molecule has 5 heteroatoms. The number of nitrogens with two attached hydrogens (primary N) is 1. The van der Waals surface area contributed by atoms with Crippen molar-refractivity contribution in [2.45, 2.75) is 6.42 Å². The molecule has 5 nitrogen and oxygen atoms in total. The van der Waals surface area contributed by atoms with E-state index in [9.17, 15) is 10.1 Å². The summed E-state index contributed by atoms with van der Waals surface area (Å²) in [4.78, 5) is 10.3. The third-order valence-corrected chi connectivity index (χ3v) is 2.55. The number of hydrogen-bond acceptors (Lipinski definition) is 3. The van der Waals surface area contributed by atoms with Crippen LogP contribution >= 0.6 is 0 Å². The van der Waals surface area contributed by atoms with Gasteiger partial charge in [-0.1, -0.05) is 6.07 Å². The highest BCUT2D eigenvalue weighted by Crippen LogP contribution is 2.18. The molecule has 1 heterocycles. The average molecular weight is 231 g/mol. The molecule has 2 rings (SSSR count). The van der Waals surface area contributed by atoms with Crippen LogP contribution in [-0.4, -0.2) is 16.0 Å². The van der Waals surface area contributed by atoms with Crippen LogP contribution in [0.2, 0.25) is 0 Å². The molecular formula is C12H13N3O2. The average Bonchev–Trinajstić information content (AvgIpc) is 2.78. The van der Waals surface area contributed by atoms with Crippen LogP contribution in [0.4, 0.5) is 5.69 Å². The fourth-order valence-corrected chi connectivity index (χ4v) is 1.78. The minimum absolute atomic E-state index is 0.0925. The van der Waals surface area contributed by atoms with Crippen LogP contribution in [0.5, 0.6) is 0 Å². The molecule has 1 aromatic carbocycles. The fraction of sp³-hybridized carbons (Fsp3) is 0.167. The lowest BCUT2D eigenvalue weighted by Crippen LogP contribution is -2.07. The highest BCUT2D eigenvalue weighted by Gasteiger charge is 2.08. The first kappa shape index (κ1) is 11.3. The summed E-state index contributed by atoms with van der Waals surface area (Å²) in [7, 11) is 0. The fourth-order valence-electron chi connectivity index (χ4n) is 1.78.